The minimum absolute atomic E-state index is 0.366. The normalized spacial score (nSPS) is 21.7. The van der Waals surface area contributed by atoms with Crippen molar-refractivity contribution >= 4 is 5.91 Å². The summed E-state index contributed by atoms with van der Waals surface area (Å²) in [5.74, 6) is -3.98. The molecule has 0 saturated carbocycles. The first-order chi connectivity index (χ1) is 10.6. The van der Waals surface area contributed by atoms with Gasteiger partial charge in [-0.1, -0.05) is 12.1 Å². The first-order valence-corrected chi connectivity index (χ1v) is 6.83. The van der Waals surface area contributed by atoms with Crippen LogP contribution in [-0.4, -0.2) is 30.8 Å². The fourth-order valence-electron chi connectivity index (χ4n) is 2.28. The Hall–Kier alpha value is -1.90. The molecular formula is C14H15F5N2O2. The van der Waals surface area contributed by atoms with E-state index in [4.69, 9.17) is 0 Å². The van der Waals surface area contributed by atoms with Gasteiger partial charge in [-0.15, -0.1) is 13.2 Å². The van der Waals surface area contributed by atoms with Gasteiger partial charge in [0.25, 0.3) is 5.92 Å². The highest BCUT2D eigenvalue weighted by Gasteiger charge is 2.42. The fourth-order valence-corrected chi connectivity index (χ4v) is 2.28. The second-order valence-electron chi connectivity index (χ2n) is 5.34. The van der Waals surface area contributed by atoms with Crippen LogP contribution in [0.1, 0.15) is 24.9 Å². The number of benzene rings is 1. The number of carbonyl (C=O) groups is 1. The third kappa shape index (κ3) is 5.05. The van der Waals surface area contributed by atoms with E-state index in [-0.39, 0.29) is 0 Å². The lowest BCUT2D eigenvalue weighted by molar-refractivity contribution is -0.274. The predicted octanol–water partition coefficient (Wildman–Crippen LogP) is 2.76. The summed E-state index contributed by atoms with van der Waals surface area (Å²) in [6.07, 6.45) is -5.42. The van der Waals surface area contributed by atoms with Crippen molar-refractivity contribution in [3.63, 3.8) is 0 Å². The molecule has 1 amide bonds. The standard InChI is InChI=1S/C14H15F5N2O2/c1-8(21-12(22)11-6-13(15,16)7-20-11)9-3-2-4-10(5-9)23-14(17,18)19/h2-5,8,11,20H,6-7H2,1H3,(H,21,22). The molecule has 1 aliphatic rings. The zero-order valence-electron chi connectivity index (χ0n) is 12.1. The number of halogens is 5. The van der Waals surface area contributed by atoms with Crippen molar-refractivity contribution in [2.45, 2.75) is 37.7 Å². The highest BCUT2D eigenvalue weighted by atomic mass is 19.4. The van der Waals surface area contributed by atoms with E-state index in [1.54, 1.807) is 0 Å². The first kappa shape index (κ1) is 17.5. The Balaban J connectivity index is 1.99. The molecule has 128 valence electrons. The maximum absolute atomic E-state index is 13.1. The molecule has 1 saturated heterocycles. The summed E-state index contributed by atoms with van der Waals surface area (Å²) in [6.45, 7) is 0.964. The maximum atomic E-state index is 13.1. The molecule has 0 radical (unpaired) electrons. The molecule has 1 aliphatic heterocycles. The molecule has 1 heterocycles. The lowest BCUT2D eigenvalue weighted by Gasteiger charge is -2.18. The van der Waals surface area contributed by atoms with Crippen LogP contribution in [0.3, 0.4) is 0 Å². The zero-order valence-corrected chi connectivity index (χ0v) is 12.1. The van der Waals surface area contributed by atoms with E-state index in [2.05, 4.69) is 15.4 Å². The smallest absolute Gasteiger partial charge is 0.406 e. The van der Waals surface area contributed by atoms with Gasteiger partial charge in [0.05, 0.1) is 18.6 Å². The molecule has 0 bridgehead atoms. The topological polar surface area (TPSA) is 50.4 Å². The van der Waals surface area contributed by atoms with Gasteiger partial charge in [0.2, 0.25) is 5.91 Å². The number of hydrogen-bond acceptors (Lipinski definition) is 3. The third-order valence-corrected chi connectivity index (χ3v) is 3.38. The summed E-state index contributed by atoms with van der Waals surface area (Å²) in [4.78, 5) is 11.9. The quantitative estimate of drug-likeness (QED) is 0.830. The molecule has 4 nitrogen and oxygen atoms in total. The van der Waals surface area contributed by atoms with Crippen molar-refractivity contribution < 1.29 is 31.5 Å². The minimum atomic E-state index is -4.82. The summed E-state index contributed by atoms with van der Waals surface area (Å²) >= 11 is 0. The van der Waals surface area contributed by atoms with E-state index in [0.29, 0.717) is 5.56 Å². The van der Waals surface area contributed by atoms with Crippen molar-refractivity contribution in [3.8, 4) is 5.75 Å². The lowest BCUT2D eigenvalue weighted by Crippen LogP contribution is -2.41. The Morgan fingerprint density at radius 2 is 2.13 bits per heavy atom. The number of rotatable bonds is 4. The van der Waals surface area contributed by atoms with Crippen molar-refractivity contribution in [2.24, 2.45) is 0 Å². The molecule has 1 aromatic rings. The van der Waals surface area contributed by atoms with Crippen LogP contribution in [0.5, 0.6) is 5.75 Å². The second kappa shape index (κ2) is 6.31. The lowest BCUT2D eigenvalue weighted by atomic mass is 10.1. The second-order valence-corrected chi connectivity index (χ2v) is 5.34. The largest absolute Gasteiger partial charge is 0.573 e. The molecule has 0 aliphatic carbocycles. The summed E-state index contributed by atoms with van der Waals surface area (Å²) in [5, 5.41) is 4.90. The van der Waals surface area contributed by atoms with Gasteiger partial charge in [0.15, 0.2) is 0 Å². The summed E-state index contributed by atoms with van der Waals surface area (Å²) < 4.78 is 66.5. The molecule has 2 atom stereocenters. The van der Waals surface area contributed by atoms with Gasteiger partial charge in [-0.3, -0.25) is 10.1 Å². The van der Waals surface area contributed by atoms with Crippen LogP contribution >= 0.6 is 0 Å². The van der Waals surface area contributed by atoms with Crippen LogP contribution in [-0.2, 0) is 4.79 Å². The number of amides is 1. The molecule has 9 heteroatoms. The molecule has 23 heavy (non-hydrogen) atoms. The van der Waals surface area contributed by atoms with E-state index >= 15 is 0 Å². The average molecular weight is 338 g/mol. The van der Waals surface area contributed by atoms with Gasteiger partial charge in [-0.25, -0.2) is 8.78 Å². The molecule has 1 aromatic carbocycles. The van der Waals surface area contributed by atoms with Gasteiger partial charge >= 0.3 is 6.36 Å². The van der Waals surface area contributed by atoms with Crippen molar-refractivity contribution in [1.29, 1.82) is 0 Å². The maximum Gasteiger partial charge on any atom is 0.573 e. The molecule has 1 fully saturated rings. The number of carbonyl (C=O) groups excluding carboxylic acids is 1. The number of alkyl halides is 5. The van der Waals surface area contributed by atoms with E-state index < -0.39 is 49.0 Å². The Bertz CT molecular complexity index is 577. The summed E-state index contributed by atoms with van der Waals surface area (Å²) in [7, 11) is 0. The van der Waals surface area contributed by atoms with Gasteiger partial charge < -0.3 is 10.1 Å². The van der Waals surface area contributed by atoms with E-state index in [1.807, 2.05) is 0 Å². The SMILES string of the molecule is CC(NC(=O)C1CC(F)(F)CN1)c1cccc(OC(F)(F)F)c1. The minimum Gasteiger partial charge on any atom is -0.406 e. The van der Waals surface area contributed by atoms with Crippen LogP contribution in [0.4, 0.5) is 22.0 Å². The molecule has 2 unspecified atom stereocenters. The Morgan fingerprint density at radius 3 is 2.70 bits per heavy atom. The van der Waals surface area contributed by atoms with Gasteiger partial charge in [0.1, 0.15) is 5.75 Å². The first-order valence-electron chi connectivity index (χ1n) is 6.83. The highest BCUT2D eigenvalue weighted by molar-refractivity contribution is 5.82. The van der Waals surface area contributed by atoms with Crippen LogP contribution < -0.4 is 15.4 Å². The summed E-state index contributed by atoms with van der Waals surface area (Å²) in [5.41, 5.74) is 0.366. The molecule has 2 N–H and O–H groups in total. The van der Waals surface area contributed by atoms with Crippen molar-refractivity contribution in [3.05, 3.63) is 29.8 Å². The predicted molar refractivity (Wildman–Crippen MR) is 71.0 cm³/mol. The highest BCUT2D eigenvalue weighted by Crippen LogP contribution is 2.27. The zero-order chi connectivity index (χ0) is 17.3. The Labute approximate surface area is 129 Å². The van der Waals surface area contributed by atoms with Crippen LogP contribution in [0, 0.1) is 0 Å². The third-order valence-electron chi connectivity index (χ3n) is 3.38. The Morgan fingerprint density at radius 1 is 1.43 bits per heavy atom. The van der Waals surface area contributed by atoms with Crippen LogP contribution in [0.25, 0.3) is 0 Å². The fraction of sp³-hybridized carbons (Fsp3) is 0.500. The van der Waals surface area contributed by atoms with Crippen molar-refractivity contribution in [2.75, 3.05) is 6.54 Å². The van der Waals surface area contributed by atoms with Gasteiger partial charge in [-0.2, -0.15) is 0 Å². The molecule has 2 rings (SSSR count). The molecule has 0 spiro atoms. The van der Waals surface area contributed by atoms with Gasteiger partial charge in [0, 0.05) is 6.42 Å². The number of ether oxygens (including phenoxy) is 1. The number of hydrogen-bond donors (Lipinski definition) is 2. The number of nitrogens with one attached hydrogen (secondary N) is 2. The molecular weight excluding hydrogens is 323 g/mol. The van der Waals surface area contributed by atoms with Crippen LogP contribution in [0.2, 0.25) is 0 Å². The van der Waals surface area contributed by atoms with Crippen LogP contribution in [0.15, 0.2) is 24.3 Å². The van der Waals surface area contributed by atoms with E-state index in [1.165, 1.54) is 19.1 Å². The van der Waals surface area contributed by atoms with Crippen molar-refractivity contribution in [1.82, 2.24) is 10.6 Å². The van der Waals surface area contributed by atoms with E-state index in [0.717, 1.165) is 12.1 Å². The monoisotopic (exact) mass is 338 g/mol. The van der Waals surface area contributed by atoms with Gasteiger partial charge in [-0.05, 0) is 24.6 Å². The average Bonchev–Trinajstić information content (AvgIpc) is 2.77. The van der Waals surface area contributed by atoms with E-state index in [9.17, 15) is 26.7 Å². The molecule has 0 aromatic heterocycles. The summed E-state index contributed by atoms with van der Waals surface area (Å²) in [6, 6.07) is 3.43. The Kier molecular flexibility index (Phi) is 4.79.